The number of halogens is 1. The molecule has 2 unspecified atom stereocenters. The van der Waals surface area contributed by atoms with Crippen LogP contribution in [0.15, 0.2) is 35.1 Å². The van der Waals surface area contributed by atoms with E-state index in [-0.39, 0.29) is 23.3 Å². The van der Waals surface area contributed by atoms with Gasteiger partial charge in [-0.25, -0.2) is 4.79 Å². The highest BCUT2D eigenvalue weighted by molar-refractivity contribution is 9.10. The van der Waals surface area contributed by atoms with E-state index in [1.807, 2.05) is 39.9 Å². The molecule has 1 saturated carbocycles. The van der Waals surface area contributed by atoms with Gasteiger partial charge < -0.3 is 25.7 Å². The minimum Gasteiger partial charge on any atom is -0.352 e. The Morgan fingerprint density at radius 3 is 2.71 bits per heavy atom. The van der Waals surface area contributed by atoms with Gasteiger partial charge in [0, 0.05) is 40.9 Å². The van der Waals surface area contributed by atoms with Crippen molar-refractivity contribution in [3.05, 3.63) is 40.6 Å². The highest BCUT2D eigenvalue weighted by Crippen LogP contribution is 2.53. The quantitative estimate of drug-likeness (QED) is 0.659. The second-order valence-electron chi connectivity index (χ2n) is 7.75. The highest BCUT2D eigenvalue weighted by Gasteiger charge is 2.56. The van der Waals surface area contributed by atoms with Gasteiger partial charge >= 0.3 is 6.03 Å². The maximum absolute atomic E-state index is 13.0. The SMILES string of the molecule is CC(NC(N)=O)C(=O)NC1CN(C(=O)c2cc3ccc(Br)cn3c2)CC12CC2. The number of hydrogen-bond acceptors (Lipinski definition) is 3. The number of hydrogen-bond donors (Lipinski definition) is 3. The molecular formula is C19H22BrN5O3. The van der Waals surface area contributed by atoms with E-state index in [2.05, 4.69) is 26.6 Å². The number of urea groups is 1. The summed E-state index contributed by atoms with van der Waals surface area (Å²) >= 11 is 3.43. The molecule has 2 aromatic rings. The van der Waals surface area contributed by atoms with E-state index in [1.165, 1.54) is 0 Å². The predicted octanol–water partition coefficient (Wildman–Crippen LogP) is 1.48. The van der Waals surface area contributed by atoms with E-state index in [0.29, 0.717) is 18.7 Å². The molecule has 0 bridgehead atoms. The van der Waals surface area contributed by atoms with Gasteiger partial charge in [-0.15, -0.1) is 0 Å². The van der Waals surface area contributed by atoms with Gasteiger partial charge in [-0.2, -0.15) is 0 Å². The van der Waals surface area contributed by atoms with Crippen LogP contribution in [0.25, 0.3) is 5.52 Å². The van der Waals surface area contributed by atoms with E-state index >= 15 is 0 Å². The van der Waals surface area contributed by atoms with Crippen molar-refractivity contribution in [3.8, 4) is 0 Å². The van der Waals surface area contributed by atoms with Crippen LogP contribution < -0.4 is 16.4 Å². The van der Waals surface area contributed by atoms with Crippen molar-refractivity contribution in [1.82, 2.24) is 19.9 Å². The zero-order chi connectivity index (χ0) is 20.1. The molecule has 2 aliphatic rings. The second-order valence-corrected chi connectivity index (χ2v) is 8.66. The largest absolute Gasteiger partial charge is 0.352 e. The number of amides is 4. The van der Waals surface area contributed by atoms with Crippen molar-refractivity contribution in [3.63, 3.8) is 0 Å². The Balaban J connectivity index is 1.47. The summed E-state index contributed by atoms with van der Waals surface area (Å²) in [5.41, 5.74) is 6.61. The van der Waals surface area contributed by atoms with E-state index in [1.54, 1.807) is 6.92 Å². The number of likely N-dealkylation sites (tertiary alicyclic amines) is 1. The molecule has 1 saturated heterocycles. The summed E-state index contributed by atoms with van der Waals surface area (Å²) < 4.78 is 2.85. The van der Waals surface area contributed by atoms with Crippen molar-refractivity contribution in [1.29, 1.82) is 0 Å². The Hall–Kier alpha value is -2.55. The third-order valence-electron chi connectivity index (χ3n) is 5.70. The first-order valence-corrected chi connectivity index (χ1v) is 10.00. The molecule has 0 aromatic carbocycles. The zero-order valence-corrected chi connectivity index (χ0v) is 17.0. The van der Waals surface area contributed by atoms with Crippen LogP contribution in [0.1, 0.15) is 30.1 Å². The third-order valence-corrected chi connectivity index (χ3v) is 6.17. The van der Waals surface area contributed by atoms with Crippen LogP contribution in [0.5, 0.6) is 0 Å². The molecule has 28 heavy (non-hydrogen) atoms. The molecule has 1 aliphatic heterocycles. The van der Waals surface area contributed by atoms with Crippen LogP contribution in [-0.2, 0) is 4.79 Å². The number of rotatable bonds is 4. The smallest absolute Gasteiger partial charge is 0.312 e. The fourth-order valence-electron chi connectivity index (χ4n) is 3.95. The van der Waals surface area contributed by atoms with Gasteiger partial charge in [0.25, 0.3) is 5.91 Å². The normalized spacial score (nSPS) is 20.9. The Kier molecular flexibility index (Phi) is 4.57. The highest BCUT2D eigenvalue weighted by atomic mass is 79.9. The lowest BCUT2D eigenvalue weighted by Gasteiger charge is -2.21. The number of aromatic nitrogens is 1. The van der Waals surface area contributed by atoms with E-state index in [0.717, 1.165) is 22.8 Å². The van der Waals surface area contributed by atoms with Crippen molar-refractivity contribution in [2.45, 2.75) is 31.8 Å². The van der Waals surface area contributed by atoms with Crippen LogP contribution in [0.2, 0.25) is 0 Å². The Morgan fingerprint density at radius 1 is 1.29 bits per heavy atom. The first kappa shape index (κ1) is 18.8. The first-order valence-electron chi connectivity index (χ1n) is 9.20. The van der Waals surface area contributed by atoms with E-state index < -0.39 is 12.1 Å². The second kappa shape index (κ2) is 6.80. The number of fused-ring (bicyclic) bond motifs is 1. The van der Waals surface area contributed by atoms with Crippen molar-refractivity contribution in [2.24, 2.45) is 11.1 Å². The maximum atomic E-state index is 13.0. The molecular weight excluding hydrogens is 426 g/mol. The molecule has 2 fully saturated rings. The molecule has 1 aliphatic carbocycles. The summed E-state index contributed by atoms with van der Waals surface area (Å²) in [5.74, 6) is -0.324. The van der Waals surface area contributed by atoms with Gasteiger partial charge in [0.05, 0.1) is 11.6 Å². The number of carbonyl (C=O) groups excluding carboxylic acids is 3. The summed E-state index contributed by atoms with van der Waals surface area (Å²) in [6, 6.07) is 4.19. The fraction of sp³-hybridized carbons (Fsp3) is 0.421. The van der Waals surface area contributed by atoms with Crippen molar-refractivity contribution >= 4 is 39.3 Å². The number of nitrogens with one attached hydrogen (secondary N) is 2. The minimum absolute atomic E-state index is 0.0360. The molecule has 4 rings (SSSR count). The molecule has 148 valence electrons. The molecule has 2 atom stereocenters. The molecule has 3 heterocycles. The van der Waals surface area contributed by atoms with E-state index in [4.69, 9.17) is 5.73 Å². The summed E-state index contributed by atoms with van der Waals surface area (Å²) in [6.07, 6.45) is 5.69. The Labute approximate surface area is 170 Å². The van der Waals surface area contributed by atoms with Gasteiger partial charge in [0.2, 0.25) is 5.91 Å². The zero-order valence-electron chi connectivity index (χ0n) is 15.4. The molecule has 1 spiro atoms. The topological polar surface area (TPSA) is 109 Å². The van der Waals surface area contributed by atoms with Gasteiger partial charge in [-0.05, 0) is 53.9 Å². The number of pyridine rings is 1. The molecule has 4 amide bonds. The average molecular weight is 448 g/mol. The van der Waals surface area contributed by atoms with Crippen LogP contribution in [-0.4, -0.2) is 52.3 Å². The summed E-state index contributed by atoms with van der Waals surface area (Å²) in [4.78, 5) is 38.2. The van der Waals surface area contributed by atoms with Crippen LogP contribution in [0.3, 0.4) is 0 Å². The Bertz CT molecular complexity index is 968. The molecule has 2 aromatic heterocycles. The van der Waals surface area contributed by atoms with Crippen LogP contribution >= 0.6 is 15.9 Å². The number of primary amides is 1. The number of nitrogens with two attached hydrogens (primary N) is 1. The molecule has 0 radical (unpaired) electrons. The van der Waals surface area contributed by atoms with Gasteiger partial charge in [-0.1, -0.05) is 0 Å². The third kappa shape index (κ3) is 3.46. The fourth-order valence-corrected chi connectivity index (χ4v) is 4.30. The van der Waals surface area contributed by atoms with Crippen molar-refractivity contribution < 1.29 is 14.4 Å². The molecule has 9 heteroatoms. The monoisotopic (exact) mass is 447 g/mol. The van der Waals surface area contributed by atoms with Crippen molar-refractivity contribution in [2.75, 3.05) is 13.1 Å². The predicted molar refractivity (Wildman–Crippen MR) is 107 cm³/mol. The lowest BCUT2D eigenvalue weighted by atomic mass is 10.0. The van der Waals surface area contributed by atoms with Crippen LogP contribution in [0.4, 0.5) is 4.79 Å². The van der Waals surface area contributed by atoms with E-state index in [9.17, 15) is 14.4 Å². The van der Waals surface area contributed by atoms with Gasteiger partial charge in [0.15, 0.2) is 0 Å². The summed E-state index contributed by atoms with van der Waals surface area (Å²) in [5, 5.41) is 5.38. The summed E-state index contributed by atoms with van der Waals surface area (Å²) in [6.45, 7) is 2.68. The van der Waals surface area contributed by atoms with Gasteiger partial charge in [-0.3, -0.25) is 9.59 Å². The lowest BCUT2D eigenvalue weighted by molar-refractivity contribution is -0.123. The summed E-state index contributed by atoms with van der Waals surface area (Å²) in [7, 11) is 0. The number of nitrogens with zero attached hydrogens (tertiary/aromatic N) is 2. The Morgan fingerprint density at radius 2 is 2.04 bits per heavy atom. The van der Waals surface area contributed by atoms with Crippen LogP contribution in [0, 0.1) is 5.41 Å². The first-order chi connectivity index (χ1) is 13.3. The molecule has 4 N–H and O–H groups in total. The lowest BCUT2D eigenvalue weighted by Crippen LogP contribution is -2.51. The maximum Gasteiger partial charge on any atom is 0.312 e. The minimum atomic E-state index is -0.737. The standard InChI is InChI=1S/C19H22BrN5O3/c1-11(22-18(21)28)16(26)23-15-9-25(10-19(15)4-5-19)17(27)12-6-14-3-2-13(20)8-24(14)7-12/h2-3,6-8,11,15H,4-5,9-10H2,1H3,(H,23,26)(H3,21,22,28). The van der Waals surface area contributed by atoms with Gasteiger partial charge in [0.1, 0.15) is 6.04 Å². The molecule has 8 nitrogen and oxygen atoms in total. The number of carbonyl (C=O) groups is 3. The average Bonchev–Trinajstić information content (AvgIpc) is 3.14.